The molecule has 14 nitrogen and oxygen atoms in total. The zero-order chi connectivity index (χ0) is 46.4. The van der Waals surface area contributed by atoms with Crippen LogP contribution in [0.25, 0.3) is 0 Å². The van der Waals surface area contributed by atoms with Crippen molar-refractivity contribution < 1.29 is 70.2 Å². The SMILES string of the molecule is [2H]C1[C@H](C)[C@@H]([C@@H](C)CC)O[C@@]2(C[C@@H]3C[C@@H](C/C=C(\C)[C@@H](O[C@H]4C[C@H](OC)[C@@H](O[C@H]5C[C@H](OC)[C@@H](O)[C@H](C)O5)[C@H](C)O4)[C@@H](C)/C=C/C=C4\CO[C@@H]5[C@H](O)C(C)=C[C@@H](C(=O)O3)[C@]45O)O2)[C@H]1[2H]. The van der Waals surface area contributed by atoms with Crippen LogP contribution in [0.2, 0.25) is 0 Å². The third-order valence-corrected chi connectivity index (χ3v) is 14.5. The second-order valence-electron chi connectivity index (χ2n) is 19.0. The fourth-order valence-electron chi connectivity index (χ4n) is 10.6. The molecule has 0 amide bonds. The molecular weight excluding hydrogens is 801 g/mol. The van der Waals surface area contributed by atoms with E-state index in [1.807, 2.05) is 39.8 Å². The maximum Gasteiger partial charge on any atom is 0.316 e. The number of fused-ring (bicyclic) bond motifs is 2. The summed E-state index contributed by atoms with van der Waals surface area (Å²) in [6, 6.07) is 0. The van der Waals surface area contributed by atoms with Crippen molar-refractivity contribution in [3.05, 3.63) is 47.1 Å². The molecule has 7 aliphatic rings. The molecule has 0 aromatic rings. The second kappa shape index (κ2) is 19.8. The summed E-state index contributed by atoms with van der Waals surface area (Å²) in [6.07, 6.45) is 0.638. The number of hydrogen-bond donors (Lipinski definition) is 3. The van der Waals surface area contributed by atoms with Gasteiger partial charge in [-0.3, -0.25) is 4.79 Å². The van der Waals surface area contributed by atoms with E-state index in [0.717, 1.165) is 12.0 Å². The molecule has 6 aliphatic heterocycles. The Morgan fingerprint density at radius 1 is 0.952 bits per heavy atom. The first-order valence-electron chi connectivity index (χ1n) is 24.0. The monoisotopic (exact) mass is 877 g/mol. The fourth-order valence-corrected chi connectivity index (χ4v) is 10.6. The molecule has 5 fully saturated rings. The van der Waals surface area contributed by atoms with Gasteiger partial charge in [-0.15, -0.1) is 0 Å². The van der Waals surface area contributed by atoms with Crippen LogP contribution in [0, 0.1) is 23.7 Å². The standard InChI is InChI=1S/C48H74O14/c1-11-25(2)43-28(5)17-18-47(62-43)23-34-20-33(61-47)16-15-27(4)42(26(3)13-12-14-32-24-55-45-40(49)29(6)19-35(46(51)58-34)48(32,45)52)59-39-22-37(54-10)44(31(8)57-39)60-38-21-36(53-9)41(50)30(7)56-38/h12-15,19,25-26,28,30-31,33-45,49-50,52H,11,16-18,20-24H2,1-10H3/b13-12+,27-15+,32-14+/t25-,26-,28-,30-,31-,33+,34-,35-,36-,37-,38-,39-,40+,41-,42-,43+,44-,45+,47+,48+/m0/s1/i17D,18D/t17?,18-,25-,26-,28-,30-,31-,33+,34-,35-,36-,37-,38-,39-,40+,41-,42-,43+,44-,45+,47+,48+. The first kappa shape index (κ1) is 45.1. The van der Waals surface area contributed by atoms with E-state index in [0.29, 0.717) is 30.4 Å². The highest BCUT2D eigenvalue weighted by Gasteiger charge is 2.60. The van der Waals surface area contributed by atoms with Crippen molar-refractivity contribution in [3.8, 4) is 0 Å². The number of ether oxygens (including phenoxy) is 10. The summed E-state index contributed by atoms with van der Waals surface area (Å²) in [7, 11) is 3.19. The van der Waals surface area contributed by atoms with E-state index in [1.165, 1.54) is 0 Å². The molecule has 7 rings (SSSR count). The third kappa shape index (κ3) is 9.73. The van der Waals surface area contributed by atoms with Crippen molar-refractivity contribution in [2.75, 3.05) is 20.8 Å². The van der Waals surface area contributed by atoms with Gasteiger partial charge in [-0.2, -0.15) is 0 Å². The molecule has 1 unspecified atom stereocenters. The molecule has 62 heavy (non-hydrogen) atoms. The van der Waals surface area contributed by atoms with Gasteiger partial charge in [-0.25, -0.2) is 0 Å². The van der Waals surface area contributed by atoms with E-state index < -0.39 is 116 Å². The Balaban J connectivity index is 1.20. The molecule has 0 saturated carbocycles. The molecular formula is C48H74O14. The maximum absolute atomic E-state index is 14.4. The predicted molar refractivity (Wildman–Crippen MR) is 227 cm³/mol. The number of carbonyl (C=O) groups is 1. The number of rotatable bonds is 8. The molecule has 0 radical (unpaired) electrons. The summed E-state index contributed by atoms with van der Waals surface area (Å²) in [5.74, 6) is -3.77. The number of aliphatic hydroxyl groups excluding tert-OH is 2. The second-order valence-corrected chi connectivity index (χ2v) is 19.0. The number of aliphatic hydroxyl groups is 3. The maximum atomic E-state index is 14.4. The normalized spacial score (nSPS) is 52.2. The Morgan fingerprint density at radius 2 is 1.66 bits per heavy atom. The first-order valence-corrected chi connectivity index (χ1v) is 22.9. The molecule has 6 heterocycles. The minimum Gasteiger partial charge on any atom is -0.462 e. The highest BCUT2D eigenvalue weighted by atomic mass is 16.7. The van der Waals surface area contributed by atoms with Gasteiger partial charge in [0.1, 0.15) is 42.0 Å². The van der Waals surface area contributed by atoms with Crippen LogP contribution in [0.1, 0.15) is 109 Å². The van der Waals surface area contributed by atoms with Crippen molar-refractivity contribution in [2.45, 2.75) is 204 Å². The van der Waals surface area contributed by atoms with Gasteiger partial charge in [0.2, 0.25) is 0 Å². The Bertz CT molecular complexity index is 1760. The van der Waals surface area contributed by atoms with Crippen LogP contribution in [0.3, 0.4) is 0 Å². The summed E-state index contributed by atoms with van der Waals surface area (Å²) in [5, 5.41) is 34.3. The lowest BCUT2D eigenvalue weighted by Crippen LogP contribution is -2.58. The number of methoxy groups -OCH3 is 2. The summed E-state index contributed by atoms with van der Waals surface area (Å²) in [4.78, 5) is 14.4. The van der Waals surface area contributed by atoms with E-state index in [-0.39, 0.29) is 43.3 Å². The zero-order valence-electron chi connectivity index (χ0n) is 40.2. The fraction of sp³-hybridized carbons (Fsp3) is 0.812. The molecule has 14 heteroatoms. The van der Waals surface area contributed by atoms with Crippen molar-refractivity contribution >= 4 is 5.97 Å². The number of hydrogen-bond acceptors (Lipinski definition) is 14. The third-order valence-electron chi connectivity index (χ3n) is 14.5. The van der Waals surface area contributed by atoms with Crippen LogP contribution in [0.5, 0.6) is 0 Å². The average molecular weight is 877 g/mol. The Kier molecular flexibility index (Phi) is 14.4. The van der Waals surface area contributed by atoms with Crippen LogP contribution >= 0.6 is 0 Å². The van der Waals surface area contributed by atoms with E-state index in [9.17, 15) is 22.9 Å². The summed E-state index contributed by atoms with van der Waals surface area (Å²) in [5.41, 5.74) is -0.0927. The van der Waals surface area contributed by atoms with Gasteiger partial charge in [0.15, 0.2) is 18.4 Å². The summed E-state index contributed by atoms with van der Waals surface area (Å²) >= 11 is 0. The highest BCUT2D eigenvalue weighted by molar-refractivity contribution is 5.78. The molecule has 350 valence electrons. The minimum absolute atomic E-state index is 0.00937. The lowest BCUT2D eigenvalue weighted by atomic mass is 9.71. The lowest BCUT2D eigenvalue weighted by Gasteiger charge is -2.51. The van der Waals surface area contributed by atoms with Crippen molar-refractivity contribution in [1.29, 1.82) is 0 Å². The molecule has 3 N–H and O–H groups in total. The zero-order valence-corrected chi connectivity index (χ0v) is 38.2. The van der Waals surface area contributed by atoms with Gasteiger partial charge < -0.3 is 62.7 Å². The number of esters is 1. The quantitative estimate of drug-likeness (QED) is 0.204. The molecule has 0 aromatic heterocycles. The van der Waals surface area contributed by atoms with Gasteiger partial charge in [-0.1, -0.05) is 64.5 Å². The smallest absolute Gasteiger partial charge is 0.316 e. The van der Waals surface area contributed by atoms with Crippen LogP contribution < -0.4 is 0 Å². The van der Waals surface area contributed by atoms with E-state index >= 15 is 0 Å². The van der Waals surface area contributed by atoms with Crippen molar-refractivity contribution in [3.63, 3.8) is 0 Å². The van der Waals surface area contributed by atoms with Crippen molar-refractivity contribution in [2.24, 2.45) is 23.7 Å². The first-order chi connectivity index (χ1) is 30.3. The Hall–Kier alpha value is -2.05. The molecule has 0 aromatic carbocycles. The Labute approximate surface area is 371 Å². The van der Waals surface area contributed by atoms with E-state index in [1.54, 1.807) is 40.2 Å². The lowest BCUT2D eigenvalue weighted by molar-refractivity contribution is -0.340. The van der Waals surface area contributed by atoms with Crippen molar-refractivity contribution in [1.82, 2.24) is 0 Å². The average Bonchev–Trinajstić information content (AvgIpc) is 3.61. The highest BCUT2D eigenvalue weighted by Crippen LogP contribution is 2.48. The molecule has 22 atom stereocenters. The molecule has 5 saturated heterocycles. The van der Waals surface area contributed by atoms with Gasteiger partial charge >= 0.3 is 5.97 Å². The molecule has 1 aliphatic carbocycles. The molecule has 1 spiro atoms. The van der Waals surface area contributed by atoms with E-state index in [2.05, 4.69) is 19.9 Å². The summed E-state index contributed by atoms with van der Waals surface area (Å²) in [6.45, 7) is 15.5. The van der Waals surface area contributed by atoms with E-state index in [4.69, 9.17) is 47.4 Å². The van der Waals surface area contributed by atoms with Gasteiger partial charge in [0.25, 0.3) is 0 Å². The summed E-state index contributed by atoms with van der Waals surface area (Å²) < 4.78 is 82.1. The van der Waals surface area contributed by atoms with Crippen LogP contribution in [0.15, 0.2) is 47.1 Å². The largest absolute Gasteiger partial charge is 0.462 e. The topological polar surface area (TPSA) is 170 Å². The Morgan fingerprint density at radius 3 is 2.39 bits per heavy atom. The van der Waals surface area contributed by atoms with Gasteiger partial charge in [0, 0.05) is 55.0 Å². The predicted octanol–water partition coefficient (Wildman–Crippen LogP) is 5.60. The van der Waals surface area contributed by atoms with Crippen LogP contribution in [0.4, 0.5) is 0 Å². The van der Waals surface area contributed by atoms with Crippen LogP contribution in [-0.4, -0.2) is 139 Å². The number of carbonyl (C=O) groups excluding carboxylic acids is 1. The minimum atomic E-state index is -1.90. The molecule has 2 bridgehead atoms. The van der Waals surface area contributed by atoms with Crippen LogP contribution in [-0.2, 0) is 52.2 Å². The van der Waals surface area contributed by atoms with Gasteiger partial charge in [0.05, 0.1) is 49.3 Å². The number of allylic oxidation sites excluding steroid dienone is 2. The van der Waals surface area contributed by atoms with Gasteiger partial charge in [-0.05, 0) is 69.1 Å².